The van der Waals surface area contributed by atoms with E-state index in [1.807, 2.05) is 13.8 Å². The molecule has 2 aliphatic heterocycles. The summed E-state index contributed by atoms with van der Waals surface area (Å²) < 4.78 is 64.4. The first-order valence-corrected chi connectivity index (χ1v) is 11.4. The van der Waals surface area contributed by atoms with E-state index < -0.39 is 20.0 Å². The van der Waals surface area contributed by atoms with Crippen molar-refractivity contribution >= 4 is 20.0 Å². The highest BCUT2D eigenvalue weighted by molar-refractivity contribution is 7.89. The van der Waals surface area contributed by atoms with E-state index in [0.29, 0.717) is 26.3 Å². The molecule has 1 aromatic rings. The fourth-order valence-corrected chi connectivity index (χ4v) is 6.19. The molecule has 0 bridgehead atoms. The van der Waals surface area contributed by atoms with Gasteiger partial charge in [-0.25, -0.2) is 16.8 Å². The highest BCUT2D eigenvalue weighted by Crippen LogP contribution is 2.24. The normalized spacial score (nSPS) is 26.7. The second kappa shape index (κ2) is 7.53. The first kappa shape index (κ1) is 19.7. The van der Waals surface area contributed by atoms with Crippen LogP contribution in [0, 0.1) is 0 Å². The zero-order valence-corrected chi connectivity index (χ0v) is 16.5. The Kier molecular flexibility index (Phi) is 5.71. The van der Waals surface area contributed by atoms with Crippen molar-refractivity contribution in [3.63, 3.8) is 0 Å². The van der Waals surface area contributed by atoms with Gasteiger partial charge in [-0.3, -0.25) is 0 Å². The summed E-state index contributed by atoms with van der Waals surface area (Å²) in [5.41, 5.74) is 0. The standard InChI is InChI=1S/C16H24N2O6S2/c1-13-11-18(12-14(2)24-13)26(21,22)16-5-3-15(4-6-16)25(19,20)17-7-9-23-10-8-17/h3-6,13-14H,7-12H2,1-2H3/t13-,14+. The van der Waals surface area contributed by atoms with Crippen molar-refractivity contribution in [3.05, 3.63) is 24.3 Å². The first-order valence-electron chi connectivity index (χ1n) is 8.55. The molecule has 0 N–H and O–H groups in total. The number of rotatable bonds is 4. The molecule has 2 saturated heterocycles. The minimum absolute atomic E-state index is 0.0831. The second-order valence-corrected chi connectivity index (χ2v) is 10.4. The van der Waals surface area contributed by atoms with Crippen LogP contribution in [0.2, 0.25) is 0 Å². The third-order valence-electron chi connectivity index (χ3n) is 4.46. The van der Waals surface area contributed by atoms with Gasteiger partial charge in [-0.1, -0.05) is 0 Å². The lowest BCUT2D eigenvalue weighted by molar-refractivity contribution is -0.0440. The Morgan fingerprint density at radius 1 is 0.808 bits per heavy atom. The highest BCUT2D eigenvalue weighted by atomic mass is 32.2. The average molecular weight is 405 g/mol. The van der Waals surface area contributed by atoms with Crippen molar-refractivity contribution in [1.82, 2.24) is 8.61 Å². The highest BCUT2D eigenvalue weighted by Gasteiger charge is 2.33. The maximum Gasteiger partial charge on any atom is 0.243 e. The van der Waals surface area contributed by atoms with Gasteiger partial charge >= 0.3 is 0 Å². The third-order valence-corrected chi connectivity index (χ3v) is 8.21. The lowest BCUT2D eigenvalue weighted by Crippen LogP contribution is -2.48. The second-order valence-electron chi connectivity index (χ2n) is 6.57. The van der Waals surface area contributed by atoms with Crippen LogP contribution in [0.15, 0.2) is 34.1 Å². The Hall–Kier alpha value is -1.04. The Morgan fingerprint density at radius 3 is 1.69 bits per heavy atom. The number of hydrogen-bond donors (Lipinski definition) is 0. The molecule has 10 heteroatoms. The maximum atomic E-state index is 12.8. The van der Waals surface area contributed by atoms with Gasteiger partial charge in [0.25, 0.3) is 0 Å². The van der Waals surface area contributed by atoms with Gasteiger partial charge in [-0.05, 0) is 38.1 Å². The van der Waals surface area contributed by atoms with Gasteiger partial charge < -0.3 is 9.47 Å². The molecular weight excluding hydrogens is 380 g/mol. The van der Waals surface area contributed by atoms with Crippen LogP contribution >= 0.6 is 0 Å². The molecule has 0 saturated carbocycles. The molecule has 2 aliphatic rings. The molecule has 0 aromatic heterocycles. The quantitative estimate of drug-likeness (QED) is 0.726. The summed E-state index contributed by atoms with van der Waals surface area (Å²) in [6.45, 7) is 5.53. The summed E-state index contributed by atoms with van der Waals surface area (Å²) in [6.07, 6.45) is -0.371. The van der Waals surface area contributed by atoms with Crippen LogP contribution < -0.4 is 0 Å². The van der Waals surface area contributed by atoms with E-state index in [1.54, 1.807) is 0 Å². The van der Waals surface area contributed by atoms with Gasteiger partial charge in [0.15, 0.2) is 0 Å². The van der Waals surface area contributed by atoms with Gasteiger partial charge in [0.1, 0.15) is 0 Å². The third kappa shape index (κ3) is 3.95. The van der Waals surface area contributed by atoms with Crippen LogP contribution in [0.3, 0.4) is 0 Å². The topological polar surface area (TPSA) is 93.2 Å². The summed E-state index contributed by atoms with van der Waals surface area (Å²) >= 11 is 0. The molecule has 0 aliphatic carbocycles. The molecule has 0 unspecified atom stereocenters. The van der Waals surface area contributed by atoms with Crippen LogP contribution in [0.5, 0.6) is 0 Å². The lowest BCUT2D eigenvalue weighted by Gasteiger charge is -2.34. The van der Waals surface area contributed by atoms with E-state index in [1.165, 1.54) is 32.9 Å². The van der Waals surface area contributed by atoms with Gasteiger partial charge in [0, 0.05) is 26.2 Å². The maximum absolute atomic E-state index is 12.8. The smallest absolute Gasteiger partial charge is 0.243 e. The Morgan fingerprint density at radius 2 is 1.23 bits per heavy atom. The first-order chi connectivity index (χ1) is 12.2. The van der Waals surface area contributed by atoms with E-state index in [4.69, 9.17) is 9.47 Å². The van der Waals surface area contributed by atoms with Crippen molar-refractivity contribution < 1.29 is 26.3 Å². The van der Waals surface area contributed by atoms with Crippen LogP contribution in [0.25, 0.3) is 0 Å². The van der Waals surface area contributed by atoms with Crippen LogP contribution in [0.1, 0.15) is 13.8 Å². The van der Waals surface area contributed by atoms with Crippen molar-refractivity contribution in [2.24, 2.45) is 0 Å². The molecule has 8 nitrogen and oxygen atoms in total. The number of benzene rings is 1. The lowest BCUT2D eigenvalue weighted by atomic mass is 10.3. The number of morpholine rings is 2. The molecule has 146 valence electrons. The molecule has 2 atom stereocenters. The van der Waals surface area contributed by atoms with E-state index >= 15 is 0 Å². The minimum Gasteiger partial charge on any atom is -0.379 e. The summed E-state index contributed by atoms with van der Waals surface area (Å²) in [5, 5.41) is 0. The predicted octanol–water partition coefficient (Wildman–Crippen LogP) is 0.505. The molecule has 1 aromatic carbocycles. The summed E-state index contributed by atoms with van der Waals surface area (Å²) in [4.78, 5) is 0.168. The molecule has 2 heterocycles. The molecule has 0 spiro atoms. The van der Waals surface area contributed by atoms with E-state index in [2.05, 4.69) is 0 Å². The van der Waals surface area contributed by atoms with E-state index in [0.717, 1.165) is 0 Å². The monoisotopic (exact) mass is 404 g/mol. The average Bonchev–Trinajstić information content (AvgIpc) is 2.62. The Balaban J connectivity index is 1.82. The van der Waals surface area contributed by atoms with Crippen LogP contribution in [-0.2, 0) is 29.5 Å². The van der Waals surface area contributed by atoms with Gasteiger partial charge in [-0.15, -0.1) is 0 Å². The van der Waals surface area contributed by atoms with Crippen molar-refractivity contribution in [1.29, 1.82) is 0 Å². The SMILES string of the molecule is C[C@@H]1CN(S(=O)(=O)c2ccc(S(=O)(=O)N3CCOCC3)cc2)C[C@H](C)O1. The number of hydrogen-bond acceptors (Lipinski definition) is 6. The summed E-state index contributed by atoms with van der Waals surface area (Å²) in [6, 6.07) is 5.41. The molecular formula is C16H24N2O6S2. The van der Waals surface area contributed by atoms with E-state index in [9.17, 15) is 16.8 Å². The largest absolute Gasteiger partial charge is 0.379 e. The molecule has 2 fully saturated rings. The zero-order chi connectivity index (χ0) is 18.9. The van der Waals surface area contributed by atoms with Gasteiger partial charge in [0.2, 0.25) is 20.0 Å². The Bertz CT molecular complexity index is 822. The fraction of sp³-hybridized carbons (Fsp3) is 0.625. The predicted molar refractivity (Wildman–Crippen MR) is 94.8 cm³/mol. The number of nitrogens with zero attached hydrogens (tertiary/aromatic N) is 2. The zero-order valence-electron chi connectivity index (χ0n) is 14.9. The molecule has 26 heavy (non-hydrogen) atoms. The number of ether oxygens (including phenoxy) is 2. The summed E-state index contributed by atoms with van der Waals surface area (Å²) in [5.74, 6) is 0. The van der Waals surface area contributed by atoms with Crippen LogP contribution in [-0.4, -0.2) is 77.0 Å². The van der Waals surface area contributed by atoms with Gasteiger partial charge in [-0.2, -0.15) is 8.61 Å². The Labute approximate surface area is 154 Å². The van der Waals surface area contributed by atoms with Crippen LogP contribution in [0.4, 0.5) is 0 Å². The fourth-order valence-electron chi connectivity index (χ4n) is 3.20. The molecule has 0 amide bonds. The van der Waals surface area contributed by atoms with Crippen molar-refractivity contribution in [3.8, 4) is 0 Å². The molecule has 3 rings (SSSR count). The van der Waals surface area contributed by atoms with Crippen molar-refractivity contribution in [2.75, 3.05) is 39.4 Å². The minimum atomic E-state index is -3.69. The van der Waals surface area contributed by atoms with Gasteiger partial charge in [0.05, 0.1) is 35.2 Å². The molecule has 0 radical (unpaired) electrons. The number of sulfonamides is 2. The summed E-state index contributed by atoms with van der Waals surface area (Å²) in [7, 11) is -7.33. The van der Waals surface area contributed by atoms with E-state index in [-0.39, 0.29) is 35.1 Å². The van der Waals surface area contributed by atoms with Crippen molar-refractivity contribution in [2.45, 2.75) is 35.8 Å².